The van der Waals surface area contributed by atoms with E-state index in [-0.39, 0.29) is 6.54 Å². The van der Waals surface area contributed by atoms with Gasteiger partial charge in [-0.2, -0.15) is 4.68 Å². The van der Waals surface area contributed by atoms with Crippen LogP contribution in [0, 0.1) is 12.8 Å². The van der Waals surface area contributed by atoms with E-state index in [2.05, 4.69) is 46.9 Å². The maximum Gasteiger partial charge on any atom is 0.209 e. The van der Waals surface area contributed by atoms with Crippen molar-refractivity contribution < 1.29 is 8.42 Å². The Morgan fingerprint density at radius 2 is 1.97 bits per heavy atom. The summed E-state index contributed by atoms with van der Waals surface area (Å²) in [6.45, 7) is 6.41. The van der Waals surface area contributed by atoms with Crippen LogP contribution in [0.25, 0.3) is 16.7 Å². The Morgan fingerprint density at radius 3 is 2.62 bits per heavy atom. The number of fused-ring (bicyclic) bond motifs is 1. The second-order valence-corrected chi connectivity index (χ2v) is 10.3. The lowest BCUT2D eigenvalue weighted by Gasteiger charge is -2.10. The molecule has 0 aliphatic carbocycles. The van der Waals surface area contributed by atoms with Crippen molar-refractivity contribution in [2.45, 2.75) is 45.1 Å². The third-order valence-corrected chi connectivity index (χ3v) is 5.98. The Kier molecular flexibility index (Phi) is 6.60. The van der Waals surface area contributed by atoms with Crippen LogP contribution in [-0.4, -0.2) is 40.7 Å². The highest BCUT2D eigenvalue weighted by atomic mass is 32.2. The normalized spacial score (nSPS) is 12.2. The molecule has 2 aromatic heterocycles. The maximum atomic E-state index is 11.6. The SMILES string of the molecule is CSc1ccc2c(C)cc(-n3nc(CCC(C)C)nc3CNS(C)(=O)=O)nc2c1. The van der Waals surface area contributed by atoms with Gasteiger partial charge in [0.15, 0.2) is 11.6 Å². The number of sulfonamides is 1. The van der Waals surface area contributed by atoms with Gasteiger partial charge in [-0.1, -0.05) is 19.9 Å². The summed E-state index contributed by atoms with van der Waals surface area (Å²) in [5, 5.41) is 5.73. The Bertz CT molecular complexity index is 1120. The fourth-order valence-corrected chi connectivity index (χ4v) is 3.83. The highest BCUT2D eigenvalue weighted by Gasteiger charge is 2.16. The molecule has 1 N–H and O–H groups in total. The van der Waals surface area contributed by atoms with E-state index in [1.807, 2.05) is 19.2 Å². The van der Waals surface area contributed by atoms with Gasteiger partial charge in [0.05, 0.1) is 18.3 Å². The van der Waals surface area contributed by atoms with Crippen molar-refractivity contribution in [3.8, 4) is 5.82 Å². The van der Waals surface area contributed by atoms with Gasteiger partial charge in [-0.25, -0.2) is 23.1 Å². The standard InChI is InChI=1S/C20H27N5O2S2/c1-13(2)6-9-18-23-20(12-21-29(5,26)27)25(24-18)19-10-14(3)16-8-7-15(28-4)11-17(16)22-19/h7-8,10-11,13,21H,6,9,12H2,1-5H3. The zero-order chi connectivity index (χ0) is 21.2. The largest absolute Gasteiger partial charge is 0.229 e. The van der Waals surface area contributed by atoms with Crippen molar-refractivity contribution in [2.24, 2.45) is 5.92 Å². The van der Waals surface area contributed by atoms with E-state index in [0.717, 1.165) is 40.5 Å². The topological polar surface area (TPSA) is 89.8 Å². The average molecular weight is 434 g/mol. The molecule has 0 fully saturated rings. The Labute approximate surface area is 176 Å². The molecular weight excluding hydrogens is 406 g/mol. The van der Waals surface area contributed by atoms with Gasteiger partial charge in [-0.15, -0.1) is 16.9 Å². The van der Waals surface area contributed by atoms with E-state index >= 15 is 0 Å². The van der Waals surface area contributed by atoms with E-state index in [0.29, 0.717) is 23.4 Å². The molecule has 9 heteroatoms. The lowest BCUT2D eigenvalue weighted by molar-refractivity contribution is 0.574. The molecule has 0 aliphatic rings. The predicted octanol–water partition coefficient (Wildman–Crippen LogP) is 3.48. The molecule has 156 valence electrons. The van der Waals surface area contributed by atoms with Crippen molar-refractivity contribution >= 4 is 32.7 Å². The van der Waals surface area contributed by atoms with Gasteiger partial charge in [-0.05, 0) is 49.3 Å². The first-order chi connectivity index (χ1) is 13.7. The molecule has 29 heavy (non-hydrogen) atoms. The van der Waals surface area contributed by atoms with E-state index in [1.165, 1.54) is 0 Å². The van der Waals surface area contributed by atoms with Gasteiger partial charge < -0.3 is 0 Å². The second kappa shape index (κ2) is 8.81. The monoisotopic (exact) mass is 433 g/mol. The first kappa shape index (κ1) is 21.7. The molecule has 0 atom stereocenters. The molecular formula is C20H27N5O2S2. The summed E-state index contributed by atoms with van der Waals surface area (Å²) in [7, 11) is -3.34. The minimum atomic E-state index is -3.34. The van der Waals surface area contributed by atoms with Gasteiger partial charge in [0.2, 0.25) is 10.0 Å². The van der Waals surface area contributed by atoms with E-state index in [4.69, 9.17) is 4.98 Å². The fourth-order valence-electron chi connectivity index (χ4n) is 3.01. The fraction of sp³-hybridized carbons (Fsp3) is 0.450. The second-order valence-electron chi connectivity index (χ2n) is 7.56. The lowest BCUT2D eigenvalue weighted by Crippen LogP contribution is -2.23. The maximum absolute atomic E-state index is 11.6. The number of hydrogen-bond donors (Lipinski definition) is 1. The van der Waals surface area contributed by atoms with Crippen LogP contribution in [0.3, 0.4) is 0 Å². The van der Waals surface area contributed by atoms with Crippen LogP contribution in [0.5, 0.6) is 0 Å². The molecule has 0 saturated carbocycles. The highest BCUT2D eigenvalue weighted by molar-refractivity contribution is 7.98. The van der Waals surface area contributed by atoms with Crippen molar-refractivity contribution in [1.29, 1.82) is 0 Å². The number of benzene rings is 1. The number of rotatable bonds is 8. The van der Waals surface area contributed by atoms with Gasteiger partial charge >= 0.3 is 0 Å². The van der Waals surface area contributed by atoms with Crippen LogP contribution in [-0.2, 0) is 23.0 Å². The van der Waals surface area contributed by atoms with Crippen LogP contribution in [0.4, 0.5) is 0 Å². The number of thioether (sulfide) groups is 1. The van der Waals surface area contributed by atoms with Crippen LogP contribution < -0.4 is 4.72 Å². The predicted molar refractivity (Wildman–Crippen MR) is 118 cm³/mol. The molecule has 0 unspecified atom stereocenters. The first-order valence-corrected chi connectivity index (χ1v) is 12.6. The van der Waals surface area contributed by atoms with Gasteiger partial charge in [0, 0.05) is 16.7 Å². The summed E-state index contributed by atoms with van der Waals surface area (Å²) >= 11 is 1.67. The first-order valence-electron chi connectivity index (χ1n) is 9.51. The molecule has 0 amide bonds. The minimum absolute atomic E-state index is 0.0666. The number of nitrogens with zero attached hydrogens (tertiary/aromatic N) is 4. The Morgan fingerprint density at radius 1 is 1.21 bits per heavy atom. The summed E-state index contributed by atoms with van der Waals surface area (Å²) in [4.78, 5) is 10.5. The molecule has 3 rings (SSSR count). The molecule has 0 spiro atoms. The number of aryl methyl sites for hydroxylation is 2. The summed E-state index contributed by atoms with van der Waals surface area (Å²) in [5.41, 5.74) is 1.96. The van der Waals surface area contributed by atoms with Crippen molar-refractivity contribution in [2.75, 3.05) is 12.5 Å². The lowest BCUT2D eigenvalue weighted by atomic mass is 10.1. The molecule has 0 radical (unpaired) electrons. The Balaban J connectivity index is 2.06. The number of aromatic nitrogens is 4. The van der Waals surface area contributed by atoms with Crippen molar-refractivity contribution in [3.05, 3.63) is 41.5 Å². The zero-order valence-electron chi connectivity index (χ0n) is 17.4. The number of pyridine rings is 1. The average Bonchev–Trinajstić information content (AvgIpc) is 3.07. The van der Waals surface area contributed by atoms with Crippen LogP contribution >= 0.6 is 11.8 Å². The van der Waals surface area contributed by atoms with Crippen molar-refractivity contribution in [3.63, 3.8) is 0 Å². The zero-order valence-corrected chi connectivity index (χ0v) is 19.1. The third kappa shape index (κ3) is 5.55. The molecule has 7 nitrogen and oxygen atoms in total. The number of hydrogen-bond acceptors (Lipinski definition) is 6. The van der Waals surface area contributed by atoms with Gasteiger partial charge in [0.1, 0.15) is 5.82 Å². The van der Waals surface area contributed by atoms with E-state index in [9.17, 15) is 8.42 Å². The van der Waals surface area contributed by atoms with Gasteiger partial charge in [0.25, 0.3) is 0 Å². The van der Waals surface area contributed by atoms with Gasteiger partial charge in [-0.3, -0.25) is 0 Å². The molecule has 2 heterocycles. The summed E-state index contributed by atoms with van der Waals surface area (Å²) in [6, 6.07) is 8.19. The van der Waals surface area contributed by atoms with E-state index in [1.54, 1.807) is 16.4 Å². The smallest absolute Gasteiger partial charge is 0.209 e. The summed E-state index contributed by atoms with van der Waals surface area (Å²) in [5.74, 6) is 2.40. The quantitative estimate of drug-likeness (QED) is 0.547. The Hall–Kier alpha value is -1.97. The third-order valence-electron chi connectivity index (χ3n) is 4.58. The summed E-state index contributed by atoms with van der Waals surface area (Å²) in [6.07, 6.45) is 4.87. The van der Waals surface area contributed by atoms with Crippen molar-refractivity contribution in [1.82, 2.24) is 24.5 Å². The number of nitrogens with one attached hydrogen (secondary N) is 1. The molecule has 1 aromatic carbocycles. The van der Waals surface area contributed by atoms with E-state index < -0.39 is 10.0 Å². The molecule has 0 bridgehead atoms. The van der Waals surface area contributed by atoms with Crippen LogP contribution in [0.1, 0.15) is 37.5 Å². The van der Waals surface area contributed by atoms with Crippen LogP contribution in [0.2, 0.25) is 0 Å². The molecule has 3 aromatic rings. The highest BCUT2D eigenvalue weighted by Crippen LogP contribution is 2.25. The van der Waals surface area contributed by atoms with Crippen LogP contribution in [0.15, 0.2) is 29.2 Å². The minimum Gasteiger partial charge on any atom is -0.229 e. The molecule has 0 saturated heterocycles. The summed E-state index contributed by atoms with van der Waals surface area (Å²) < 4.78 is 27.3. The molecule has 0 aliphatic heterocycles.